The van der Waals surface area contributed by atoms with Gasteiger partial charge in [0.1, 0.15) is 0 Å². The highest BCUT2D eigenvalue weighted by molar-refractivity contribution is 7.99. The first-order valence-corrected chi connectivity index (χ1v) is 25.7. The van der Waals surface area contributed by atoms with E-state index >= 15 is 0 Å². The first-order valence-electron chi connectivity index (χ1n) is 24.8. The van der Waals surface area contributed by atoms with Crippen LogP contribution in [-0.2, 0) is 27.1 Å². The molecule has 6 aromatic carbocycles. The maximum Gasteiger partial charge on any atom is 0.0464 e. The molecule has 0 N–H and O–H groups in total. The van der Waals surface area contributed by atoms with Gasteiger partial charge < -0.3 is 4.90 Å². The van der Waals surface area contributed by atoms with E-state index in [1.807, 2.05) is 11.8 Å². The molecule has 7 aliphatic rings. The topological polar surface area (TPSA) is 3.24 Å². The molecule has 13 rings (SSSR count). The van der Waals surface area contributed by atoms with Crippen LogP contribution in [0.3, 0.4) is 0 Å². The van der Waals surface area contributed by atoms with Crippen molar-refractivity contribution in [1.82, 2.24) is 0 Å². The maximum atomic E-state index is 2.54. The smallest absolute Gasteiger partial charge is 0.0464 e. The normalized spacial score (nSPS) is 29.6. The minimum Gasteiger partial charge on any atom is -0.310 e. The van der Waals surface area contributed by atoms with E-state index in [2.05, 4.69) is 188 Å². The maximum absolute atomic E-state index is 2.54. The van der Waals surface area contributed by atoms with Crippen molar-refractivity contribution in [2.45, 2.75) is 144 Å². The largest absolute Gasteiger partial charge is 0.310 e. The van der Waals surface area contributed by atoms with E-state index in [9.17, 15) is 0 Å². The second kappa shape index (κ2) is 13.1. The van der Waals surface area contributed by atoms with Gasteiger partial charge in [-0.15, -0.1) is 0 Å². The average Bonchev–Trinajstić information content (AvgIpc) is 3.82. The second-order valence-electron chi connectivity index (χ2n) is 24.3. The molecular weight excluding hydrogens is 791 g/mol. The van der Waals surface area contributed by atoms with Crippen LogP contribution < -0.4 is 4.90 Å². The van der Waals surface area contributed by atoms with Crippen molar-refractivity contribution in [3.05, 3.63) is 161 Å². The fourth-order valence-corrected chi connectivity index (χ4v) is 17.2. The molecular formula is C62H65NS. The molecule has 2 spiro atoms. The van der Waals surface area contributed by atoms with E-state index in [1.54, 1.807) is 11.1 Å². The van der Waals surface area contributed by atoms with Crippen molar-refractivity contribution in [2.75, 3.05) is 4.90 Å². The fourth-order valence-electron chi connectivity index (χ4n) is 15.9. The highest BCUT2D eigenvalue weighted by Crippen LogP contribution is 2.89. The Morgan fingerprint density at radius 1 is 0.453 bits per heavy atom. The fraction of sp³-hybridized carbons (Fsp3) is 0.419. The first-order chi connectivity index (χ1) is 30.6. The van der Waals surface area contributed by atoms with Crippen LogP contribution in [0, 0.1) is 29.1 Å². The Kier molecular flexibility index (Phi) is 8.14. The molecule has 1 heterocycles. The van der Waals surface area contributed by atoms with Gasteiger partial charge in [-0.1, -0.05) is 152 Å². The van der Waals surface area contributed by atoms with Gasteiger partial charge in [-0.05, 0) is 200 Å². The van der Waals surface area contributed by atoms with Gasteiger partial charge in [0.2, 0.25) is 0 Å². The molecule has 0 radical (unpaired) electrons. The number of anilines is 3. The predicted octanol–water partition coefficient (Wildman–Crippen LogP) is 17.0. The Bertz CT molecular complexity index is 2910. The van der Waals surface area contributed by atoms with E-state index in [1.165, 1.54) is 123 Å². The highest BCUT2D eigenvalue weighted by atomic mass is 32.2. The third-order valence-corrected chi connectivity index (χ3v) is 20.6. The lowest BCUT2D eigenvalue weighted by Crippen LogP contribution is -2.74. The molecule has 6 aliphatic carbocycles. The zero-order valence-electron chi connectivity index (χ0n) is 39.4. The molecule has 2 bridgehead atoms. The van der Waals surface area contributed by atoms with Gasteiger partial charge in [-0.25, -0.2) is 0 Å². The molecule has 64 heavy (non-hydrogen) atoms. The van der Waals surface area contributed by atoms with E-state index in [-0.39, 0.29) is 27.1 Å². The van der Waals surface area contributed by atoms with Crippen molar-refractivity contribution < 1.29 is 0 Å². The van der Waals surface area contributed by atoms with Crippen LogP contribution in [0.5, 0.6) is 0 Å². The van der Waals surface area contributed by atoms with E-state index in [0.29, 0.717) is 5.41 Å². The Morgan fingerprint density at radius 3 is 1.67 bits per heavy atom. The van der Waals surface area contributed by atoms with Crippen LogP contribution in [0.2, 0.25) is 0 Å². The number of rotatable bonds is 5. The summed E-state index contributed by atoms with van der Waals surface area (Å²) in [7, 11) is 0. The molecule has 4 fully saturated rings. The Hall–Kier alpha value is -4.53. The summed E-state index contributed by atoms with van der Waals surface area (Å²) >= 11 is 2.04. The van der Waals surface area contributed by atoms with Crippen molar-refractivity contribution in [3.8, 4) is 22.3 Å². The van der Waals surface area contributed by atoms with Crippen LogP contribution in [0.1, 0.15) is 140 Å². The monoisotopic (exact) mass is 855 g/mol. The van der Waals surface area contributed by atoms with E-state index in [0.717, 1.165) is 23.7 Å². The molecule has 1 aliphatic heterocycles. The quantitative estimate of drug-likeness (QED) is 0.170. The minimum atomic E-state index is 0.119. The molecule has 6 unspecified atom stereocenters. The number of hydrogen-bond acceptors (Lipinski definition) is 2. The molecule has 0 saturated heterocycles. The summed E-state index contributed by atoms with van der Waals surface area (Å²) in [6.45, 7) is 19.5. The van der Waals surface area contributed by atoms with Crippen LogP contribution in [0.15, 0.2) is 137 Å². The summed E-state index contributed by atoms with van der Waals surface area (Å²) < 4.78 is 0. The molecule has 6 aromatic rings. The first kappa shape index (κ1) is 39.8. The second-order valence-corrected chi connectivity index (χ2v) is 25.3. The Labute approximate surface area is 387 Å². The molecule has 4 saturated carbocycles. The summed E-state index contributed by atoms with van der Waals surface area (Å²) in [5.41, 5.74) is 19.7. The summed E-state index contributed by atoms with van der Waals surface area (Å²) in [6, 6.07) is 50.6. The molecule has 6 atom stereocenters. The lowest BCUT2D eigenvalue weighted by Gasteiger charge is -2.78. The summed E-state index contributed by atoms with van der Waals surface area (Å²) in [5.74, 6) is 3.55. The van der Waals surface area contributed by atoms with Gasteiger partial charge in [0.25, 0.3) is 0 Å². The number of fused-ring (bicyclic) bond motifs is 9. The van der Waals surface area contributed by atoms with Crippen LogP contribution >= 0.6 is 11.8 Å². The van der Waals surface area contributed by atoms with Gasteiger partial charge in [-0.3, -0.25) is 0 Å². The summed E-state index contributed by atoms with van der Waals surface area (Å²) in [5, 5.41) is 0. The lowest BCUT2D eigenvalue weighted by atomic mass is 9.26. The van der Waals surface area contributed by atoms with Crippen LogP contribution in [0.25, 0.3) is 22.3 Å². The average molecular weight is 856 g/mol. The summed E-state index contributed by atoms with van der Waals surface area (Å²) in [6.07, 6.45) is 10.7. The number of hydrogen-bond donors (Lipinski definition) is 0. The van der Waals surface area contributed by atoms with Crippen molar-refractivity contribution in [2.24, 2.45) is 29.1 Å². The number of nitrogens with zero attached hydrogens (tertiary/aromatic N) is 1. The molecule has 2 heteroatoms. The Balaban J connectivity index is 0.902. The van der Waals surface area contributed by atoms with Gasteiger partial charge in [0, 0.05) is 32.3 Å². The SMILES string of the molecule is CC1(C)CCC(C)(C)c2cc(-c3ccc(N(c4ccc(-c5cccc6c5Sc5ccccc5C65C6CC7CC8CC5C86C7)cc4)c4ccc5c(c4)C(C)(C)CCC5(C)C)cc3)ccc21. The minimum absolute atomic E-state index is 0.119. The van der Waals surface area contributed by atoms with Crippen LogP contribution in [-0.4, -0.2) is 0 Å². The van der Waals surface area contributed by atoms with Gasteiger partial charge in [0.05, 0.1) is 0 Å². The number of benzene rings is 6. The highest BCUT2D eigenvalue weighted by Gasteiger charge is 2.84. The standard InChI is InChI=1S/C62H65NS/c1-57(2)28-30-59(5,6)51-34-41(20-26-47(51)57)39-16-21-43(22-17-39)63(45-25-27-48-52(36-45)60(7,8)31-29-58(48,3)4)44-23-18-40(19-24-44)46-12-11-14-50-56(46)64-53-15-10-9-13-49(53)62(50)54-33-38-32-42-35-55(62)61(42,54)37-38/h9-27,34,36,38,42,54-55H,28-33,35,37H2,1-8H3. The van der Waals surface area contributed by atoms with Crippen molar-refractivity contribution in [1.29, 1.82) is 0 Å². The summed E-state index contributed by atoms with van der Waals surface area (Å²) in [4.78, 5) is 5.52. The zero-order valence-corrected chi connectivity index (χ0v) is 40.3. The van der Waals surface area contributed by atoms with Gasteiger partial charge in [-0.2, -0.15) is 0 Å². The lowest BCUT2D eigenvalue weighted by molar-refractivity contribution is -0.235. The van der Waals surface area contributed by atoms with Crippen LogP contribution in [0.4, 0.5) is 17.1 Å². The molecule has 0 amide bonds. The van der Waals surface area contributed by atoms with Gasteiger partial charge >= 0.3 is 0 Å². The molecule has 1 nitrogen and oxygen atoms in total. The van der Waals surface area contributed by atoms with Crippen molar-refractivity contribution in [3.63, 3.8) is 0 Å². The van der Waals surface area contributed by atoms with E-state index in [4.69, 9.17) is 0 Å². The van der Waals surface area contributed by atoms with Gasteiger partial charge in [0.15, 0.2) is 0 Å². The third-order valence-electron chi connectivity index (χ3n) is 19.4. The zero-order chi connectivity index (χ0) is 43.8. The van der Waals surface area contributed by atoms with Crippen molar-refractivity contribution >= 4 is 28.8 Å². The predicted molar refractivity (Wildman–Crippen MR) is 269 cm³/mol. The van der Waals surface area contributed by atoms with E-state index < -0.39 is 0 Å². The molecule has 0 aromatic heterocycles. The molecule has 324 valence electrons. The third kappa shape index (κ3) is 5.21. The Morgan fingerprint density at radius 2 is 1.00 bits per heavy atom.